The van der Waals surface area contributed by atoms with Gasteiger partial charge in [-0.2, -0.15) is 11.2 Å². The summed E-state index contributed by atoms with van der Waals surface area (Å²) in [7, 11) is 0. The van der Waals surface area contributed by atoms with Gasteiger partial charge in [-0.15, -0.1) is 6.20 Å². The first-order valence-corrected chi connectivity index (χ1v) is 1.64. The predicted molar refractivity (Wildman–Crippen MR) is 20.9 cm³/mol. The third-order valence-electron chi connectivity index (χ3n) is 0.439. The van der Waals surface area contributed by atoms with Gasteiger partial charge in [-0.25, -0.2) is 6.07 Å². The zero-order chi connectivity index (χ0) is 4.24. The maximum Gasteiger partial charge on any atom is -0.0329 e. The lowest BCUT2D eigenvalue weighted by Gasteiger charge is -1.81. The molecule has 1 aromatic rings. The van der Waals surface area contributed by atoms with Gasteiger partial charge in [-0.3, -0.25) is 5.10 Å². The van der Waals surface area contributed by atoms with E-state index < -0.39 is 0 Å². The quantitative estimate of drug-likeness (QED) is 0.417. The molecule has 0 spiro atoms. The molecular formula is C4H3N2-. The second-order valence-corrected chi connectivity index (χ2v) is 0.853. The smallest absolute Gasteiger partial charge is 0.0329 e. The van der Waals surface area contributed by atoms with E-state index in [0.717, 1.165) is 0 Å². The number of hydrogen-bond acceptors (Lipinski definition) is 2. The predicted octanol–water partition coefficient (Wildman–Crippen LogP) is 0.277. The van der Waals surface area contributed by atoms with Crippen LogP contribution in [0.1, 0.15) is 0 Å². The van der Waals surface area contributed by atoms with Gasteiger partial charge >= 0.3 is 0 Å². The van der Waals surface area contributed by atoms with Crippen molar-refractivity contribution in [1.29, 1.82) is 0 Å². The van der Waals surface area contributed by atoms with Crippen molar-refractivity contribution in [2.75, 3.05) is 0 Å². The number of aromatic nitrogens is 2. The van der Waals surface area contributed by atoms with E-state index in [2.05, 4.69) is 16.4 Å². The van der Waals surface area contributed by atoms with Crippen LogP contribution in [0.15, 0.2) is 18.3 Å². The van der Waals surface area contributed by atoms with Crippen molar-refractivity contribution >= 4 is 0 Å². The fourth-order valence-electron chi connectivity index (χ4n) is 0.225. The molecular weight excluding hydrogens is 76.1 g/mol. The van der Waals surface area contributed by atoms with Crippen LogP contribution in [0, 0.1) is 6.20 Å². The lowest BCUT2D eigenvalue weighted by molar-refractivity contribution is 1.02. The third-order valence-corrected chi connectivity index (χ3v) is 0.439. The van der Waals surface area contributed by atoms with Gasteiger partial charge in [0.05, 0.1) is 0 Å². The molecule has 0 saturated carbocycles. The van der Waals surface area contributed by atoms with E-state index in [9.17, 15) is 0 Å². The summed E-state index contributed by atoms with van der Waals surface area (Å²) in [6.07, 6.45) is 4.14. The molecule has 0 amide bonds. The Morgan fingerprint density at radius 1 is 1.50 bits per heavy atom. The van der Waals surface area contributed by atoms with Crippen LogP contribution < -0.4 is 0 Å². The molecule has 0 atom stereocenters. The molecule has 0 N–H and O–H groups in total. The van der Waals surface area contributed by atoms with Gasteiger partial charge in [-0.05, 0) is 6.20 Å². The molecule has 2 nitrogen and oxygen atoms in total. The lowest BCUT2D eigenvalue weighted by atomic mass is 10.6. The highest BCUT2D eigenvalue weighted by Crippen LogP contribution is 1.66. The molecule has 0 radical (unpaired) electrons. The Morgan fingerprint density at radius 3 is 2.67 bits per heavy atom. The van der Waals surface area contributed by atoms with E-state index in [1.807, 2.05) is 0 Å². The van der Waals surface area contributed by atoms with Gasteiger partial charge in [0.2, 0.25) is 0 Å². The molecule has 30 valence electrons. The Bertz CT molecular complexity index is 77.5. The Morgan fingerprint density at radius 2 is 2.50 bits per heavy atom. The van der Waals surface area contributed by atoms with Crippen LogP contribution in [0.4, 0.5) is 0 Å². The van der Waals surface area contributed by atoms with Crippen LogP contribution in [0.5, 0.6) is 0 Å². The first-order valence-electron chi connectivity index (χ1n) is 1.64. The fourth-order valence-corrected chi connectivity index (χ4v) is 0.225. The first-order chi connectivity index (χ1) is 3.00. The van der Waals surface area contributed by atoms with Crippen LogP contribution in [0.25, 0.3) is 0 Å². The summed E-state index contributed by atoms with van der Waals surface area (Å²) < 4.78 is 0. The highest BCUT2D eigenvalue weighted by molar-refractivity contribution is 4.78. The zero-order valence-corrected chi connectivity index (χ0v) is 3.13. The monoisotopic (exact) mass is 79.0 g/mol. The van der Waals surface area contributed by atoms with Gasteiger partial charge in [0.25, 0.3) is 0 Å². The van der Waals surface area contributed by atoms with Gasteiger partial charge < -0.3 is 0 Å². The average molecular weight is 79.1 g/mol. The maximum atomic E-state index is 3.48. The molecule has 2 heteroatoms. The molecule has 1 heterocycles. The van der Waals surface area contributed by atoms with E-state index in [1.165, 1.54) is 0 Å². The Kier molecular flexibility index (Phi) is 0.819. The maximum absolute atomic E-state index is 3.48. The van der Waals surface area contributed by atoms with E-state index in [-0.39, 0.29) is 0 Å². The second kappa shape index (κ2) is 1.50. The molecule has 0 aromatic carbocycles. The standard InChI is InChI=1S/C4H3N2/c1-2-4-6-5-3-1/h1-3H/q-1. The molecule has 1 rings (SSSR count). The van der Waals surface area contributed by atoms with Crippen molar-refractivity contribution in [2.45, 2.75) is 0 Å². The summed E-state index contributed by atoms with van der Waals surface area (Å²) >= 11 is 0. The van der Waals surface area contributed by atoms with Crippen molar-refractivity contribution in [3.05, 3.63) is 24.5 Å². The van der Waals surface area contributed by atoms with Crippen LogP contribution in [0.3, 0.4) is 0 Å². The summed E-state index contributed by atoms with van der Waals surface area (Å²) in [6, 6.07) is 3.47. The topological polar surface area (TPSA) is 25.8 Å². The normalized spacial score (nSPS) is 8.00. The number of hydrogen-bond donors (Lipinski definition) is 0. The van der Waals surface area contributed by atoms with Crippen LogP contribution in [-0.2, 0) is 0 Å². The van der Waals surface area contributed by atoms with Crippen molar-refractivity contribution in [2.24, 2.45) is 0 Å². The minimum absolute atomic E-state index is 1.61. The van der Waals surface area contributed by atoms with Crippen LogP contribution in [0.2, 0.25) is 0 Å². The molecule has 0 unspecified atom stereocenters. The van der Waals surface area contributed by atoms with Gasteiger partial charge in [0.15, 0.2) is 0 Å². The van der Waals surface area contributed by atoms with Crippen molar-refractivity contribution in [3.63, 3.8) is 0 Å². The van der Waals surface area contributed by atoms with Crippen molar-refractivity contribution < 1.29 is 0 Å². The molecule has 0 bridgehead atoms. The first kappa shape index (κ1) is 3.28. The third kappa shape index (κ3) is 0.516. The van der Waals surface area contributed by atoms with Crippen LogP contribution >= 0.6 is 0 Å². The Balaban J connectivity index is 3.00. The van der Waals surface area contributed by atoms with Gasteiger partial charge in [0.1, 0.15) is 0 Å². The average Bonchev–Trinajstić information content (AvgIpc) is 1.72. The molecule has 0 aliphatic rings. The van der Waals surface area contributed by atoms with Gasteiger partial charge in [0, 0.05) is 0 Å². The largest absolute Gasteiger partial charge is 0.268 e. The van der Waals surface area contributed by atoms with E-state index >= 15 is 0 Å². The molecule has 1 aromatic heterocycles. The highest BCUT2D eigenvalue weighted by atomic mass is 15.1. The lowest BCUT2D eigenvalue weighted by Crippen LogP contribution is -1.70. The van der Waals surface area contributed by atoms with E-state index in [4.69, 9.17) is 0 Å². The Hall–Kier alpha value is -0.920. The molecule has 0 aliphatic carbocycles. The van der Waals surface area contributed by atoms with Crippen molar-refractivity contribution in [3.8, 4) is 0 Å². The number of rotatable bonds is 0. The molecule has 0 aliphatic heterocycles. The Labute approximate surface area is 35.8 Å². The van der Waals surface area contributed by atoms with Crippen LogP contribution in [-0.4, -0.2) is 10.2 Å². The molecule has 0 fully saturated rings. The van der Waals surface area contributed by atoms with E-state index in [0.29, 0.717) is 0 Å². The minimum atomic E-state index is 1.61. The summed E-state index contributed by atoms with van der Waals surface area (Å²) in [6.45, 7) is 0. The fraction of sp³-hybridized carbons (Fsp3) is 0. The zero-order valence-electron chi connectivity index (χ0n) is 3.13. The van der Waals surface area contributed by atoms with Gasteiger partial charge in [-0.1, -0.05) is 0 Å². The van der Waals surface area contributed by atoms with Crippen molar-refractivity contribution in [1.82, 2.24) is 10.2 Å². The molecule has 0 saturated heterocycles. The highest BCUT2D eigenvalue weighted by Gasteiger charge is 1.47. The SMILES string of the molecule is [c-]1cccnn1. The summed E-state index contributed by atoms with van der Waals surface area (Å²) in [5.74, 6) is 0. The molecule has 6 heavy (non-hydrogen) atoms. The summed E-state index contributed by atoms with van der Waals surface area (Å²) in [5.41, 5.74) is 0. The number of nitrogens with zero attached hydrogens (tertiary/aromatic N) is 2. The second-order valence-electron chi connectivity index (χ2n) is 0.853. The van der Waals surface area contributed by atoms with E-state index in [1.54, 1.807) is 18.3 Å². The summed E-state index contributed by atoms with van der Waals surface area (Å²) in [4.78, 5) is 0. The summed E-state index contributed by atoms with van der Waals surface area (Å²) in [5, 5.41) is 6.89. The minimum Gasteiger partial charge on any atom is -0.268 e.